The van der Waals surface area contributed by atoms with E-state index in [0.717, 1.165) is 28.9 Å². The van der Waals surface area contributed by atoms with Gasteiger partial charge in [-0.1, -0.05) is 24.6 Å². The van der Waals surface area contributed by atoms with Gasteiger partial charge in [0.15, 0.2) is 0 Å². The molecule has 0 radical (unpaired) electrons. The van der Waals surface area contributed by atoms with E-state index in [4.69, 9.17) is 11.6 Å². The van der Waals surface area contributed by atoms with Gasteiger partial charge < -0.3 is 15.7 Å². The number of hydrogen-bond donors (Lipinski definition) is 3. The van der Waals surface area contributed by atoms with E-state index in [1.165, 1.54) is 18.2 Å². The molecule has 4 rings (SSSR count). The molecule has 0 saturated carbocycles. The Bertz CT molecular complexity index is 1230. The highest BCUT2D eigenvalue weighted by Crippen LogP contribution is 2.38. The van der Waals surface area contributed by atoms with Crippen LogP contribution in [0.4, 0.5) is 20.2 Å². The van der Waals surface area contributed by atoms with Crippen molar-refractivity contribution in [3.8, 4) is 0 Å². The second kappa shape index (κ2) is 8.59. The molecule has 2 unspecified atom stereocenters. The number of aromatic carboxylic acids is 1. The molecule has 0 aromatic heterocycles. The van der Waals surface area contributed by atoms with Gasteiger partial charge in [0.25, 0.3) is 5.91 Å². The van der Waals surface area contributed by atoms with Crippen molar-refractivity contribution in [2.75, 3.05) is 10.6 Å². The number of hydrogen-bond acceptors (Lipinski definition) is 3. The molecular weight excluding hydrogens is 438 g/mol. The third-order valence-electron chi connectivity index (χ3n) is 5.55. The fourth-order valence-electron chi connectivity index (χ4n) is 3.92. The van der Waals surface area contributed by atoms with Crippen molar-refractivity contribution in [2.45, 2.75) is 19.4 Å². The Morgan fingerprint density at radius 3 is 2.59 bits per heavy atom. The molecule has 1 aliphatic rings. The molecule has 5 nitrogen and oxygen atoms in total. The monoisotopic (exact) mass is 456 g/mol. The van der Waals surface area contributed by atoms with Gasteiger partial charge in [-0.15, -0.1) is 0 Å². The molecule has 3 aromatic carbocycles. The van der Waals surface area contributed by atoms with Crippen LogP contribution < -0.4 is 10.6 Å². The molecule has 32 heavy (non-hydrogen) atoms. The first-order chi connectivity index (χ1) is 15.2. The summed E-state index contributed by atoms with van der Waals surface area (Å²) in [6.45, 7) is 2.01. The lowest BCUT2D eigenvalue weighted by atomic mass is 9.84. The largest absolute Gasteiger partial charge is 0.478 e. The second-order valence-electron chi connectivity index (χ2n) is 7.80. The van der Waals surface area contributed by atoms with Gasteiger partial charge in [0.1, 0.15) is 11.6 Å². The molecule has 164 valence electrons. The van der Waals surface area contributed by atoms with Crippen LogP contribution in [0.25, 0.3) is 0 Å². The van der Waals surface area contributed by atoms with Gasteiger partial charge >= 0.3 is 5.97 Å². The predicted molar refractivity (Wildman–Crippen MR) is 118 cm³/mol. The van der Waals surface area contributed by atoms with E-state index >= 15 is 0 Å². The van der Waals surface area contributed by atoms with Crippen LogP contribution in [0.3, 0.4) is 0 Å². The van der Waals surface area contributed by atoms with Crippen LogP contribution in [0.5, 0.6) is 0 Å². The average Bonchev–Trinajstić information content (AvgIpc) is 2.74. The first-order valence-electron chi connectivity index (χ1n) is 9.91. The van der Waals surface area contributed by atoms with Gasteiger partial charge in [-0.05, 0) is 72.0 Å². The summed E-state index contributed by atoms with van der Waals surface area (Å²) in [6.07, 6.45) is 0.637. The Kier molecular flexibility index (Phi) is 5.84. The maximum absolute atomic E-state index is 14.5. The maximum Gasteiger partial charge on any atom is 0.335 e. The highest BCUT2D eigenvalue weighted by molar-refractivity contribution is 6.34. The lowest BCUT2D eigenvalue weighted by Crippen LogP contribution is -2.26. The Hall–Kier alpha value is -3.45. The molecule has 2 atom stereocenters. The number of nitrogens with one attached hydrogen (secondary N) is 2. The zero-order valence-electron chi connectivity index (χ0n) is 17.0. The van der Waals surface area contributed by atoms with Gasteiger partial charge in [-0.25, -0.2) is 13.6 Å². The number of carboxylic acid groups (broad SMARTS) is 1. The van der Waals surface area contributed by atoms with E-state index in [2.05, 4.69) is 10.6 Å². The summed E-state index contributed by atoms with van der Waals surface area (Å²) in [5, 5.41) is 15.0. The van der Waals surface area contributed by atoms with Gasteiger partial charge in [-0.3, -0.25) is 4.79 Å². The molecule has 0 fully saturated rings. The summed E-state index contributed by atoms with van der Waals surface area (Å²) in [4.78, 5) is 23.8. The Morgan fingerprint density at radius 1 is 1.09 bits per heavy atom. The van der Waals surface area contributed by atoms with Crippen molar-refractivity contribution in [2.24, 2.45) is 5.92 Å². The number of carbonyl (C=O) groups excluding carboxylic acids is 1. The maximum atomic E-state index is 14.5. The molecule has 3 N–H and O–H groups in total. The number of anilines is 2. The summed E-state index contributed by atoms with van der Waals surface area (Å²) in [6, 6.07) is 12.6. The normalized spacial score (nSPS) is 17.2. The zero-order valence-corrected chi connectivity index (χ0v) is 17.7. The molecule has 0 bridgehead atoms. The van der Waals surface area contributed by atoms with E-state index in [0.29, 0.717) is 6.42 Å². The van der Waals surface area contributed by atoms with Gasteiger partial charge in [0.05, 0.1) is 27.9 Å². The van der Waals surface area contributed by atoms with Crippen molar-refractivity contribution in [3.05, 3.63) is 93.5 Å². The van der Waals surface area contributed by atoms with Crippen LogP contribution in [0.1, 0.15) is 44.8 Å². The predicted octanol–water partition coefficient (Wildman–Crippen LogP) is 5.91. The molecule has 0 saturated heterocycles. The van der Waals surface area contributed by atoms with E-state index in [1.54, 1.807) is 24.3 Å². The number of fused-ring (bicyclic) bond motifs is 1. The lowest BCUT2D eigenvalue weighted by molar-refractivity contribution is 0.0696. The number of amides is 1. The van der Waals surface area contributed by atoms with Crippen molar-refractivity contribution in [3.63, 3.8) is 0 Å². The molecule has 0 aliphatic carbocycles. The second-order valence-corrected chi connectivity index (χ2v) is 8.21. The molecule has 0 spiro atoms. The Labute approximate surface area is 188 Å². The van der Waals surface area contributed by atoms with Gasteiger partial charge in [-0.2, -0.15) is 0 Å². The number of rotatable bonds is 4. The number of halogens is 3. The quantitative estimate of drug-likeness (QED) is 0.455. The fourth-order valence-corrected chi connectivity index (χ4v) is 4.17. The van der Waals surface area contributed by atoms with Gasteiger partial charge in [0, 0.05) is 5.69 Å². The van der Waals surface area contributed by atoms with Crippen LogP contribution in [0.2, 0.25) is 5.02 Å². The minimum Gasteiger partial charge on any atom is -0.478 e. The molecule has 1 heterocycles. The topological polar surface area (TPSA) is 78.4 Å². The fraction of sp³-hybridized carbons (Fsp3) is 0.167. The molecule has 1 aliphatic heterocycles. The van der Waals surface area contributed by atoms with E-state index < -0.39 is 23.5 Å². The summed E-state index contributed by atoms with van der Waals surface area (Å²) in [5.41, 5.74) is 2.70. The van der Waals surface area contributed by atoms with Crippen molar-refractivity contribution < 1.29 is 23.5 Å². The first-order valence-corrected chi connectivity index (χ1v) is 10.3. The van der Waals surface area contributed by atoms with E-state index in [9.17, 15) is 23.5 Å². The third kappa shape index (κ3) is 4.29. The number of carboxylic acids is 1. The standard InChI is InChI=1S/C24H19ClF2N2O3/c1-12-8-15-9-14(24(31)32)3-7-20(15)28-22(12)13-2-6-19(27)21(10-13)29-23(30)17-5-4-16(26)11-18(17)25/h2-7,9-12,22,28H,8H2,1H3,(H,29,30)(H,31,32). The van der Waals surface area contributed by atoms with Crippen LogP contribution >= 0.6 is 11.6 Å². The highest BCUT2D eigenvalue weighted by atomic mass is 35.5. The van der Waals surface area contributed by atoms with Crippen LogP contribution in [0, 0.1) is 17.6 Å². The molecular formula is C24H19ClF2N2O3. The molecule has 1 amide bonds. The minimum atomic E-state index is -0.984. The van der Waals surface area contributed by atoms with Crippen molar-refractivity contribution in [1.29, 1.82) is 0 Å². The summed E-state index contributed by atoms with van der Waals surface area (Å²) in [7, 11) is 0. The Morgan fingerprint density at radius 2 is 1.88 bits per heavy atom. The minimum absolute atomic E-state index is 0.0195. The Balaban J connectivity index is 1.59. The van der Waals surface area contributed by atoms with Crippen molar-refractivity contribution in [1.82, 2.24) is 0 Å². The van der Waals surface area contributed by atoms with Crippen molar-refractivity contribution >= 4 is 34.9 Å². The molecule has 8 heteroatoms. The highest BCUT2D eigenvalue weighted by Gasteiger charge is 2.27. The average molecular weight is 457 g/mol. The van der Waals surface area contributed by atoms with Crippen LogP contribution in [-0.4, -0.2) is 17.0 Å². The first kappa shape index (κ1) is 21.8. The summed E-state index contributed by atoms with van der Waals surface area (Å²) >= 11 is 5.94. The third-order valence-corrected chi connectivity index (χ3v) is 5.86. The number of carbonyl (C=O) groups is 2. The van der Waals surface area contributed by atoms with Crippen LogP contribution in [0.15, 0.2) is 54.6 Å². The van der Waals surface area contributed by atoms with E-state index in [1.807, 2.05) is 6.92 Å². The summed E-state index contributed by atoms with van der Waals surface area (Å²) < 4.78 is 27.7. The number of benzene rings is 3. The summed E-state index contributed by atoms with van der Waals surface area (Å²) in [5.74, 6) is -2.75. The zero-order chi connectivity index (χ0) is 23.0. The van der Waals surface area contributed by atoms with E-state index in [-0.39, 0.29) is 33.8 Å². The van der Waals surface area contributed by atoms with Gasteiger partial charge in [0.2, 0.25) is 0 Å². The molecule has 3 aromatic rings. The van der Waals surface area contributed by atoms with Crippen LogP contribution in [-0.2, 0) is 6.42 Å². The smallest absolute Gasteiger partial charge is 0.335 e. The SMILES string of the molecule is CC1Cc2cc(C(=O)O)ccc2NC1c1ccc(F)c(NC(=O)c2ccc(F)cc2Cl)c1. The lowest BCUT2D eigenvalue weighted by Gasteiger charge is -2.33.